The maximum Gasteiger partial charge on any atom is 0.490 e. The first-order valence-electron chi connectivity index (χ1n) is 9.98. The molecule has 2 aliphatic rings. The van der Waals surface area contributed by atoms with Crippen LogP contribution in [0.4, 0.5) is 13.2 Å². The van der Waals surface area contributed by atoms with Crippen LogP contribution < -0.4 is 0 Å². The molecule has 31 heavy (non-hydrogen) atoms. The van der Waals surface area contributed by atoms with Crippen molar-refractivity contribution in [3.05, 3.63) is 35.0 Å². The second-order valence-electron chi connectivity index (χ2n) is 7.24. The van der Waals surface area contributed by atoms with Crippen LogP contribution >= 0.6 is 11.3 Å². The second-order valence-corrected chi connectivity index (χ2v) is 8.21. The highest BCUT2D eigenvalue weighted by molar-refractivity contribution is 7.09. The minimum atomic E-state index is -5.08. The average Bonchev–Trinajstić information content (AvgIpc) is 3.48. The lowest BCUT2D eigenvalue weighted by Crippen LogP contribution is -2.41. The van der Waals surface area contributed by atoms with Gasteiger partial charge in [-0.25, -0.2) is 9.78 Å². The van der Waals surface area contributed by atoms with Gasteiger partial charge >= 0.3 is 12.1 Å². The SMILES string of the molecule is O=C(O)C(F)(F)F.c1cnn(CCCO[C@H]2CN(Cc3nccs3)[C@@H]3CCCO[C@H]23)c1. The molecule has 0 aromatic carbocycles. The van der Waals surface area contributed by atoms with E-state index < -0.39 is 12.1 Å². The van der Waals surface area contributed by atoms with Crippen LogP contribution in [0.5, 0.6) is 0 Å². The zero-order valence-electron chi connectivity index (χ0n) is 16.8. The van der Waals surface area contributed by atoms with Crippen LogP contribution in [0.25, 0.3) is 0 Å². The third-order valence-electron chi connectivity index (χ3n) is 5.07. The van der Waals surface area contributed by atoms with Crippen molar-refractivity contribution >= 4 is 17.3 Å². The fraction of sp³-hybridized carbons (Fsp3) is 0.632. The molecule has 172 valence electrons. The molecule has 0 bridgehead atoms. The summed E-state index contributed by atoms with van der Waals surface area (Å²) in [7, 11) is 0. The van der Waals surface area contributed by atoms with E-state index in [9.17, 15) is 13.2 Å². The molecule has 0 radical (unpaired) electrons. The zero-order chi connectivity index (χ0) is 22.3. The van der Waals surface area contributed by atoms with Crippen molar-refractivity contribution in [2.24, 2.45) is 0 Å². The van der Waals surface area contributed by atoms with Gasteiger partial charge in [0, 0.05) is 56.3 Å². The maximum absolute atomic E-state index is 10.6. The van der Waals surface area contributed by atoms with E-state index in [0.29, 0.717) is 6.04 Å². The van der Waals surface area contributed by atoms with E-state index in [4.69, 9.17) is 19.4 Å². The molecule has 1 N–H and O–H groups in total. The first-order chi connectivity index (χ1) is 14.8. The molecule has 12 heteroatoms. The minimum absolute atomic E-state index is 0.174. The van der Waals surface area contributed by atoms with Gasteiger partial charge in [-0.1, -0.05) is 0 Å². The Morgan fingerprint density at radius 2 is 2.19 bits per heavy atom. The Labute approximate surface area is 181 Å². The van der Waals surface area contributed by atoms with Crippen LogP contribution in [0.15, 0.2) is 30.0 Å². The van der Waals surface area contributed by atoms with E-state index in [0.717, 1.165) is 45.7 Å². The summed E-state index contributed by atoms with van der Waals surface area (Å²) in [5.74, 6) is -2.76. The monoisotopic (exact) mass is 462 g/mol. The van der Waals surface area contributed by atoms with E-state index in [-0.39, 0.29) is 12.2 Å². The molecule has 0 spiro atoms. The molecule has 0 saturated carbocycles. The smallest absolute Gasteiger partial charge is 0.475 e. The summed E-state index contributed by atoms with van der Waals surface area (Å²) in [4.78, 5) is 15.8. The number of nitrogens with zero attached hydrogens (tertiary/aromatic N) is 4. The van der Waals surface area contributed by atoms with E-state index in [1.165, 1.54) is 11.4 Å². The molecule has 2 aromatic rings. The number of ether oxygens (including phenoxy) is 2. The van der Waals surface area contributed by atoms with Gasteiger partial charge in [0.05, 0.1) is 12.6 Å². The van der Waals surface area contributed by atoms with Gasteiger partial charge in [0.1, 0.15) is 11.1 Å². The molecular formula is C19H25F3N4O4S. The average molecular weight is 462 g/mol. The number of aromatic nitrogens is 3. The Hall–Kier alpha value is -2.02. The Bertz CT molecular complexity index is 789. The molecule has 0 unspecified atom stereocenters. The van der Waals surface area contributed by atoms with E-state index >= 15 is 0 Å². The normalized spacial score (nSPS) is 23.8. The number of aryl methyl sites for hydroxylation is 1. The number of halogens is 3. The lowest BCUT2D eigenvalue weighted by molar-refractivity contribution is -0.192. The number of hydrogen-bond acceptors (Lipinski definition) is 7. The standard InChI is InChI=1S/C17H24N4O2S.C2HF3O2/c1-4-14-17(23-9-1)15(12-20(14)13-16-18-6-11-24-16)22-10-3-8-21-7-2-5-19-21;3-2(4,5)1(6)7/h2,5-7,11,14-15,17H,1,3-4,8-10,12-13H2;(H,6,7)/t14-,15+,17+;/m1./s1. The number of thiazole rings is 1. The van der Waals surface area contributed by atoms with Crippen LogP contribution in [-0.4, -0.2) is 74.9 Å². The Balaban J connectivity index is 0.000000339. The van der Waals surface area contributed by atoms with Gasteiger partial charge in [-0.15, -0.1) is 11.3 Å². The van der Waals surface area contributed by atoms with Gasteiger partial charge in [0.15, 0.2) is 0 Å². The number of aliphatic carboxylic acids is 1. The van der Waals surface area contributed by atoms with E-state index in [2.05, 4.69) is 15.0 Å². The molecule has 2 aromatic heterocycles. The molecule has 8 nitrogen and oxygen atoms in total. The Kier molecular flexibility index (Phi) is 8.41. The van der Waals surface area contributed by atoms with Crippen molar-refractivity contribution in [1.29, 1.82) is 0 Å². The number of carbonyl (C=O) groups is 1. The van der Waals surface area contributed by atoms with Crippen LogP contribution in [0.3, 0.4) is 0 Å². The third-order valence-corrected chi connectivity index (χ3v) is 5.84. The first kappa shape index (κ1) is 23.6. The maximum atomic E-state index is 10.6. The number of likely N-dealkylation sites (tertiary alicyclic amines) is 1. The van der Waals surface area contributed by atoms with Gasteiger partial charge < -0.3 is 14.6 Å². The van der Waals surface area contributed by atoms with E-state index in [1.54, 1.807) is 11.3 Å². The number of fused-ring (bicyclic) bond motifs is 1. The van der Waals surface area contributed by atoms with Crippen molar-refractivity contribution in [3.63, 3.8) is 0 Å². The van der Waals surface area contributed by atoms with E-state index in [1.807, 2.05) is 34.7 Å². The first-order valence-corrected chi connectivity index (χ1v) is 10.9. The topological polar surface area (TPSA) is 89.7 Å². The lowest BCUT2D eigenvalue weighted by Gasteiger charge is -2.32. The van der Waals surface area contributed by atoms with Crippen LogP contribution in [0.2, 0.25) is 0 Å². The highest BCUT2D eigenvalue weighted by Gasteiger charge is 2.44. The number of alkyl halides is 3. The largest absolute Gasteiger partial charge is 0.490 e. The molecule has 2 saturated heterocycles. The van der Waals surface area contributed by atoms with Crippen LogP contribution in [0, 0.1) is 0 Å². The fourth-order valence-electron chi connectivity index (χ4n) is 3.73. The molecule has 2 fully saturated rings. The van der Waals surface area contributed by atoms with Crippen molar-refractivity contribution in [3.8, 4) is 0 Å². The van der Waals surface area contributed by atoms with Crippen LogP contribution in [0.1, 0.15) is 24.3 Å². The molecular weight excluding hydrogens is 437 g/mol. The molecule has 0 aliphatic carbocycles. The number of rotatable bonds is 7. The zero-order valence-corrected chi connectivity index (χ0v) is 17.6. The number of hydrogen-bond donors (Lipinski definition) is 1. The van der Waals surface area contributed by atoms with Gasteiger partial charge in [0.25, 0.3) is 0 Å². The summed E-state index contributed by atoms with van der Waals surface area (Å²) in [5, 5.41) is 14.6. The summed E-state index contributed by atoms with van der Waals surface area (Å²) in [5.41, 5.74) is 0. The minimum Gasteiger partial charge on any atom is -0.475 e. The van der Waals surface area contributed by atoms with Crippen molar-refractivity contribution < 1.29 is 32.5 Å². The van der Waals surface area contributed by atoms with Gasteiger partial charge in [-0.05, 0) is 25.3 Å². The molecule has 4 heterocycles. The highest BCUT2D eigenvalue weighted by atomic mass is 32.1. The van der Waals surface area contributed by atoms with Crippen LogP contribution in [-0.2, 0) is 27.4 Å². The molecule has 2 aliphatic heterocycles. The fourth-order valence-corrected chi connectivity index (χ4v) is 4.37. The quantitative estimate of drug-likeness (QED) is 0.633. The summed E-state index contributed by atoms with van der Waals surface area (Å²) in [6.45, 7) is 4.37. The Morgan fingerprint density at radius 1 is 1.39 bits per heavy atom. The van der Waals surface area contributed by atoms with Crippen molar-refractivity contribution in [2.45, 2.75) is 56.8 Å². The van der Waals surface area contributed by atoms with Crippen molar-refractivity contribution in [2.75, 3.05) is 19.8 Å². The second kappa shape index (κ2) is 11.0. The molecule has 3 atom stereocenters. The highest BCUT2D eigenvalue weighted by Crippen LogP contribution is 2.32. The predicted molar refractivity (Wildman–Crippen MR) is 106 cm³/mol. The van der Waals surface area contributed by atoms with Gasteiger partial charge in [0.2, 0.25) is 0 Å². The lowest BCUT2D eigenvalue weighted by atomic mass is 10.0. The molecule has 0 amide bonds. The summed E-state index contributed by atoms with van der Waals surface area (Å²) < 4.78 is 45.9. The Morgan fingerprint density at radius 3 is 2.84 bits per heavy atom. The summed E-state index contributed by atoms with van der Waals surface area (Å²) >= 11 is 1.73. The summed E-state index contributed by atoms with van der Waals surface area (Å²) in [6.07, 6.45) is 4.30. The van der Waals surface area contributed by atoms with Crippen molar-refractivity contribution in [1.82, 2.24) is 19.7 Å². The molecule has 4 rings (SSSR count). The van der Waals surface area contributed by atoms with Gasteiger partial charge in [-0.2, -0.15) is 18.3 Å². The predicted octanol–water partition coefficient (Wildman–Crippen LogP) is 2.81. The number of carboxylic acids is 1. The number of carboxylic acid groups (broad SMARTS) is 1. The third kappa shape index (κ3) is 6.99. The van der Waals surface area contributed by atoms with Gasteiger partial charge in [-0.3, -0.25) is 9.58 Å². The summed E-state index contributed by atoms with van der Waals surface area (Å²) in [6, 6.07) is 2.42.